The lowest BCUT2D eigenvalue weighted by Crippen LogP contribution is -2.47. The Labute approximate surface area is 104 Å². The van der Waals surface area contributed by atoms with E-state index in [9.17, 15) is 18.7 Å². The lowest BCUT2D eigenvalue weighted by atomic mass is 9.75. The molecule has 1 aromatic carbocycles. The van der Waals surface area contributed by atoms with Crippen LogP contribution in [0.25, 0.3) is 0 Å². The van der Waals surface area contributed by atoms with Crippen molar-refractivity contribution in [3.63, 3.8) is 0 Å². The largest absolute Gasteiger partial charge is 0.481 e. The summed E-state index contributed by atoms with van der Waals surface area (Å²) in [5.74, 6) is -2.06. The molecule has 0 radical (unpaired) electrons. The van der Waals surface area contributed by atoms with Crippen LogP contribution in [0.1, 0.15) is 18.4 Å². The van der Waals surface area contributed by atoms with Crippen molar-refractivity contribution >= 4 is 5.97 Å². The van der Waals surface area contributed by atoms with Crippen molar-refractivity contribution in [2.75, 3.05) is 13.1 Å². The topological polar surface area (TPSA) is 49.3 Å². The number of carboxylic acid groups (broad SMARTS) is 1. The normalized spacial score (nSPS) is 23.9. The van der Waals surface area contributed by atoms with E-state index in [0.29, 0.717) is 6.42 Å². The first-order valence-corrected chi connectivity index (χ1v) is 5.92. The fraction of sp³-hybridized carbons (Fsp3) is 0.462. The van der Waals surface area contributed by atoms with Crippen LogP contribution in [0.3, 0.4) is 0 Å². The van der Waals surface area contributed by atoms with Crippen LogP contribution < -0.4 is 5.32 Å². The smallest absolute Gasteiger partial charge is 0.311 e. The summed E-state index contributed by atoms with van der Waals surface area (Å²) in [6.07, 6.45) is 1.22. The molecule has 1 aliphatic rings. The van der Waals surface area contributed by atoms with Gasteiger partial charge >= 0.3 is 5.97 Å². The Morgan fingerprint density at radius 3 is 2.83 bits per heavy atom. The van der Waals surface area contributed by atoms with Gasteiger partial charge in [-0.25, -0.2) is 8.78 Å². The zero-order chi connectivity index (χ0) is 13.2. The van der Waals surface area contributed by atoms with Gasteiger partial charge in [0.2, 0.25) is 0 Å². The van der Waals surface area contributed by atoms with E-state index >= 15 is 0 Å². The highest BCUT2D eigenvalue weighted by Gasteiger charge is 2.40. The molecule has 0 aromatic heterocycles. The maximum absolute atomic E-state index is 13.6. The van der Waals surface area contributed by atoms with Crippen molar-refractivity contribution in [1.82, 2.24) is 5.32 Å². The average Bonchev–Trinajstić information content (AvgIpc) is 2.35. The van der Waals surface area contributed by atoms with Gasteiger partial charge in [0.15, 0.2) is 0 Å². The van der Waals surface area contributed by atoms with Crippen LogP contribution in [0.5, 0.6) is 0 Å². The number of aliphatic carboxylic acids is 1. The molecule has 0 amide bonds. The molecule has 98 valence electrons. The van der Waals surface area contributed by atoms with Gasteiger partial charge in [0.25, 0.3) is 0 Å². The predicted octanol–water partition coefficient (Wildman–Crippen LogP) is 1.96. The van der Waals surface area contributed by atoms with Crippen LogP contribution in [0, 0.1) is 17.0 Å². The maximum atomic E-state index is 13.6. The van der Waals surface area contributed by atoms with Gasteiger partial charge in [-0.05, 0) is 49.6 Å². The second-order valence-corrected chi connectivity index (χ2v) is 4.78. The van der Waals surface area contributed by atoms with E-state index in [4.69, 9.17) is 0 Å². The molecule has 2 N–H and O–H groups in total. The number of rotatable bonds is 3. The summed E-state index contributed by atoms with van der Waals surface area (Å²) < 4.78 is 26.7. The van der Waals surface area contributed by atoms with E-state index < -0.39 is 23.0 Å². The van der Waals surface area contributed by atoms with Crippen LogP contribution in [-0.2, 0) is 11.2 Å². The standard InChI is InChI=1S/C13H15F2NO2/c14-10-2-3-11(15)9(6-10)7-13(12(17)18)4-1-5-16-8-13/h2-3,6,16H,1,4-5,7-8H2,(H,17,18). The van der Waals surface area contributed by atoms with E-state index in [2.05, 4.69) is 5.32 Å². The Bertz CT molecular complexity index is 456. The third-order valence-electron chi connectivity index (χ3n) is 3.46. The second kappa shape index (κ2) is 5.02. The van der Waals surface area contributed by atoms with Crippen molar-refractivity contribution in [2.24, 2.45) is 5.41 Å². The molecular weight excluding hydrogens is 240 g/mol. The lowest BCUT2D eigenvalue weighted by Gasteiger charge is -2.33. The van der Waals surface area contributed by atoms with E-state index in [0.717, 1.165) is 31.2 Å². The lowest BCUT2D eigenvalue weighted by molar-refractivity contribution is -0.150. The Morgan fingerprint density at radius 1 is 1.44 bits per heavy atom. The molecule has 0 bridgehead atoms. The summed E-state index contributed by atoms with van der Waals surface area (Å²) in [6.45, 7) is 1.05. The van der Waals surface area contributed by atoms with Crippen molar-refractivity contribution in [2.45, 2.75) is 19.3 Å². The zero-order valence-electron chi connectivity index (χ0n) is 9.88. The molecule has 0 spiro atoms. The van der Waals surface area contributed by atoms with Gasteiger partial charge in [-0.2, -0.15) is 0 Å². The Kier molecular flexibility index (Phi) is 3.61. The molecule has 0 saturated carbocycles. The minimum absolute atomic E-state index is 0.0128. The number of piperidine rings is 1. The maximum Gasteiger partial charge on any atom is 0.311 e. The molecule has 1 aromatic rings. The van der Waals surface area contributed by atoms with Gasteiger partial charge in [-0.1, -0.05) is 0 Å². The summed E-state index contributed by atoms with van der Waals surface area (Å²) in [6, 6.07) is 3.15. The SMILES string of the molecule is O=C(O)C1(Cc2cc(F)ccc2F)CCCNC1. The molecule has 1 aliphatic heterocycles. The van der Waals surface area contributed by atoms with E-state index in [1.54, 1.807) is 0 Å². The van der Waals surface area contributed by atoms with Gasteiger partial charge in [0.05, 0.1) is 5.41 Å². The van der Waals surface area contributed by atoms with E-state index in [-0.39, 0.29) is 18.5 Å². The zero-order valence-corrected chi connectivity index (χ0v) is 9.88. The van der Waals surface area contributed by atoms with Crippen molar-refractivity contribution in [1.29, 1.82) is 0 Å². The first-order chi connectivity index (χ1) is 8.53. The number of hydrogen-bond donors (Lipinski definition) is 2. The third-order valence-corrected chi connectivity index (χ3v) is 3.46. The molecule has 5 heteroatoms. The van der Waals surface area contributed by atoms with Crippen molar-refractivity contribution in [3.8, 4) is 0 Å². The van der Waals surface area contributed by atoms with Crippen molar-refractivity contribution in [3.05, 3.63) is 35.4 Å². The van der Waals surface area contributed by atoms with Crippen molar-refractivity contribution < 1.29 is 18.7 Å². The predicted molar refractivity (Wildman–Crippen MR) is 62.2 cm³/mol. The quantitative estimate of drug-likeness (QED) is 0.868. The van der Waals surface area contributed by atoms with Crippen LogP contribution in [-0.4, -0.2) is 24.2 Å². The Morgan fingerprint density at radius 2 is 2.22 bits per heavy atom. The molecule has 0 aliphatic carbocycles. The monoisotopic (exact) mass is 255 g/mol. The molecule has 18 heavy (non-hydrogen) atoms. The third kappa shape index (κ3) is 2.51. The van der Waals surface area contributed by atoms with Crippen LogP contribution in [0.2, 0.25) is 0 Å². The highest BCUT2D eigenvalue weighted by atomic mass is 19.1. The number of carbonyl (C=O) groups is 1. The van der Waals surface area contributed by atoms with Crippen LogP contribution in [0.15, 0.2) is 18.2 Å². The summed E-state index contributed by atoms with van der Waals surface area (Å²) in [5, 5.41) is 12.4. The number of carboxylic acids is 1. The number of hydrogen-bond acceptors (Lipinski definition) is 2. The van der Waals surface area contributed by atoms with E-state index in [1.165, 1.54) is 0 Å². The molecule has 1 fully saturated rings. The fourth-order valence-electron chi connectivity index (χ4n) is 2.42. The van der Waals surface area contributed by atoms with Gasteiger partial charge in [-0.15, -0.1) is 0 Å². The van der Waals surface area contributed by atoms with Gasteiger partial charge < -0.3 is 10.4 Å². The highest BCUT2D eigenvalue weighted by Crippen LogP contribution is 2.32. The van der Waals surface area contributed by atoms with Crippen LogP contribution >= 0.6 is 0 Å². The Hall–Kier alpha value is -1.49. The summed E-state index contributed by atoms with van der Waals surface area (Å²) in [7, 11) is 0. The highest BCUT2D eigenvalue weighted by molar-refractivity contribution is 5.75. The molecule has 2 rings (SSSR count). The molecule has 1 atom stereocenters. The summed E-state index contributed by atoms with van der Waals surface area (Å²) in [5.41, 5.74) is -0.909. The molecule has 1 heterocycles. The fourth-order valence-corrected chi connectivity index (χ4v) is 2.42. The van der Waals surface area contributed by atoms with Gasteiger partial charge in [0, 0.05) is 6.54 Å². The van der Waals surface area contributed by atoms with Crippen LogP contribution in [0.4, 0.5) is 8.78 Å². The first kappa shape index (κ1) is 13.0. The molecule has 1 saturated heterocycles. The summed E-state index contributed by atoms with van der Waals surface area (Å²) in [4.78, 5) is 11.4. The Balaban J connectivity index is 2.28. The molecular formula is C13H15F2NO2. The number of benzene rings is 1. The number of nitrogens with one attached hydrogen (secondary N) is 1. The van der Waals surface area contributed by atoms with Gasteiger partial charge in [0.1, 0.15) is 11.6 Å². The summed E-state index contributed by atoms with van der Waals surface area (Å²) >= 11 is 0. The molecule has 3 nitrogen and oxygen atoms in total. The minimum atomic E-state index is -1.03. The van der Waals surface area contributed by atoms with Gasteiger partial charge in [-0.3, -0.25) is 4.79 Å². The average molecular weight is 255 g/mol. The first-order valence-electron chi connectivity index (χ1n) is 5.92. The van der Waals surface area contributed by atoms with E-state index in [1.807, 2.05) is 0 Å². The second-order valence-electron chi connectivity index (χ2n) is 4.78. The minimum Gasteiger partial charge on any atom is -0.481 e. The molecule has 1 unspecified atom stereocenters. The number of halogens is 2.